The number of anilines is 1. The fourth-order valence-electron chi connectivity index (χ4n) is 3.91. The Labute approximate surface area is 217 Å². The van der Waals surface area contributed by atoms with Crippen LogP contribution in [0.1, 0.15) is 25.6 Å². The Morgan fingerprint density at radius 3 is 2.47 bits per heavy atom. The topological polar surface area (TPSA) is 196 Å². The van der Waals surface area contributed by atoms with E-state index >= 15 is 0 Å². The third-order valence-electron chi connectivity index (χ3n) is 6.09. The van der Waals surface area contributed by atoms with Crippen molar-refractivity contribution in [3.05, 3.63) is 58.6 Å². The Morgan fingerprint density at radius 2 is 1.79 bits per heavy atom. The molecule has 6 atom stereocenters. The molecule has 0 radical (unpaired) electrons. The van der Waals surface area contributed by atoms with Gasteiger partial charge >= 0.3 is 23.8 Å². The molecule has 2 aliphatic rings. The highest BCUT2D eigenvalue weighted by Crippen LogP contribution is 2.37. The van der Waals surface area contributed by atoms with Crippen LogP contribution in [0.5, 0.6) is 0 Å². The first-order valence-corrected chi connectivity index (χ1v) is 11.9. The minimum atomic E-state index is -1.11. The molecule has 2 aliphatic heterocycles. The minimum absolute atomic E-state index is 0.0612. The molecule has 1 aromatic heterocycles. The number of rotatable bonds is 10. The summed E-state index contributed by atoms with van der Waals surface area (Å²) in [6.07, 6.45) is -3.29. The molecular weight excluding hydrogens is 502 g/mol. The maximum absolute atomic E-state index is 12.7. The number of hydrogen-bond donors (Lipinski definition) is 3. The molecule has 4 rings (SSSR count). The Hall–Kier alpha value is -4.01. The van der Waals surface area contributed by atoms with Crippen LogP contribution in [-0.2, 0) is 39.8 Å². The molecule has 3 heterocycles. The SMILES string of the molecule is CC(C)[C@H](N)C(=O)OC[C@H]1O[C@@H](n2ccc(NOC(=O)C(N)Cc3ccccc3)nc2=O)[C@@H]2OC(=O)O[C@@H]21. The van der Waals surface area contributed by atoms with Crippen molar-refractivity contribution in [1.82, 2.24) is 9.55 Å². The predicted octanol–water partition coefficient (Wildman–Crippen LogP) is 0.0113. The molecule has 0 amide bonds. The van der Waals surface area contributed by atoms with Crippen LogP contribution in [0.25, 0.3) is 0 Å². The van der Waals surface area contributed by atoms with Gasteiger partial charge in [-0.05, 0) is 17.9 Å². The third kappa shape index (κ3) is 6.10. The highest BCUT2D eigenvalue weighted by Gasteiger charge is 2.55. The number of aromatic nitrogens is 2. The second kappa shape index (κ2) is 11.6. The Morgan fingerprint density at radius 1 is 1.08 bits per heavy atom. The molecule has 2 fully saturated rings. The fraction of sp³-hybridized carbons (Fsp3) is 0.458. The average Bonchev–Trinajstić information content (AvgIpc) is 3.43. The van der Waals surface area contributed by atoms with E-state index in [2.05, 4.69) is 10.5 Å². The minimum Gasteiger partial charge on any atom is -0.462 e. The van der Waals surface area contributed by atoms with Crippen LogP contribution in [0, 0.1) is 5.92 Å². The molecule has 204 valence electrons. The van der Waals surface area contributed by atoms with E-state index in [4.69, 9.17) is 35.3 Å². The van der Waals surface area contributed by atoms with Gasteiger partial charge in [-0.2, -0.15) is 4.98 Å². The molecule has 2 saturated heterocycles. The summed E-state index contributed by atoms with van der Waals surface area (Å²) in [7, 11) is 0. The van der Waals surface area contributed by atoms with Gasteiger partial charge in [0.25, 0.3) is 0 Å². The van der Waals surface area contributed by atoms with Crippen molar-refractivity contribution < 1.29 is 38.2 Å². The van der Waals surface area contributed by atoms with Gasteiger partial charge in [0.1, 0.15) is 24.8 Å². The van der Waals surface area contributed by atoms with Crippen molar-refractivity contribution in [2.45, 2.75) is 56.9 Å². The first-order chi connectivity index (χ1) is 18.1. The van der Waals surface area contributed by atoms with E-state index in [0.717, 1.165) is 10.1 Å². The van der Waals surface area contributed by atoms with Crippen LogP contribution in [-0.4, -0.2) is 64.6 Å². The molecule has 5 N–H and O–H groups in total. The summed E-state index contributed by atoms with van der Waals surface area (Å²) in [4.78, 5) is 57.6. The van der Waals surface area contributed by atoms with Crippen molar-refractivity contribution in [2.24, 2.45) is 17.4 Å². The summed E-state index contributed by atoms with van der Waals surface area (Å²) in [5.41, 5.74) is 14.1. The summed E-state index contributed by atoms with van der Waals surface area (Å²) >= 11 is 0. The van der Waals surface area contributed by atoms with Gasteiger partial charge in [-0.25, -0.2) is 19.9 Å². The molecule has 0 saturated carbocycles. The van der Waals surface area contributed by atoms with Crippen LogP contribution >= 0.6 is 0 Å². The number of ether oxygens (including phenoxy) is 4. The fourth-order valence-corrected chi connectivity index (χ4v) is 3.91. The van der Waals surface area contributed by atoms with Crippen LogP contribution in [0.3, 0.4) is 0 Å². The van der Waals surface area contributed by atoms with Crippen molar-refractivity contribution in [2.75, 3.05) is 12.1 Å². The van der Waals surface area contributed by atoms with Crippen molar-refractivity contribution in [3.63, 3.8) is 0 Å². The van der Waals surface area contributed by atoms with Gasteiger partial charge in [-0.15, -0.1) is 0 Å². The lowest BCUT2D eigenvalue weighted by Crippen LogP contribution is -2.40. The summed E-state index contributed by atoms with van der Waals surface area (Å²) in [5, 5.41) is 0. The van der Waals surface area contributed by atoms with Crippen molar-refractivity contribution in [3.8, 4) is 0 Å². The molecule has 0 bridgehead atoms. The normalized spacial score (nSPS) is 23.7. The summed E-state index contributed by atoms with van der Waals surface area (Å²) in [6.45, 7) is 3.28. The maximum Gasteiger partial charge on any atom is 0.509 e. The zero-order valence-electron chi connectivity index (χ0n) is 20.7. The van der Waals surface area contributed by atoms with Gasteiger partial charge in [-0.3, -0.25) is 9.36 Å². The molecule has 0 aliphatic carbocycles. The maximum atomic E-state index is 12.7. The van der Waals surface area contributed by atoms with Gasteiger partial charge in [-0.1, -0.05) is 44.2 Å². The van der Waals surface area contributed by atoms with E-state index in [-0.39, 0.29) is 24.8 Å². The van der Waals surface area contributed by atoms with Crippen molar-refractivity contribution >= 4 is 23.9 Å². The molecule has 38 heavy (non-hydrogen) atoms. The number of esters is 1. The van der Waals surface area contributed by atoms with Gasteiger partial charge in [0.05, 0.1) is 0 Å². The second-order valence-electron chi connectivity index (χ2n) is 9.20. The van der Waals surface area contributed by atoms with E-state index in [9.17, 15) is 19.2 Å². The summed E-state index contributed by atoms with van der Waals surface area (Å²) < 4.78 is 22.5. The smallest absolute Gasteiger partial charge is 0.462 e. The lowest BCUT2D eigenvalue weighted by atomic mass is 10.1. The van der Waals surface area contributed by atoms with Crippen LogP contribution < -0.4 is 22.6 Å². The Bertz CT molecular complexity index is 1220. The van der Waals surface area contributed by atoms with Gasteiger partial charge < -0.3 is 35.3 Å². The lowest BCUT2D eigenvalue weighted by molar-refractivity contribution is -0.153. The lowest BCUT2D eigenvalue weighted by Gasteiger charge is -2.20. The molecule has 14 heteroatoms. The van der Waals surface area contributed by atoms with E-state index in [1.165, 1.54) is 12.3 Å². The molecule has 1 unspecified atom stereocenters. The zero-order chi connectivity index (χ0) is 27.4. The van der Waals surface area contributed by atoms with E-state index in [1.54, 1.807) is 13.8 Å². The van der Waals surface area contributed by atoms with Gasteiger partial charge in [0.2, 0.25) is 0 Å². The monoisotopic (exact) mass is 531 g/mol. The highest BCUT2D eigenvalue weighted by atomic mass is 16.8. The first-order valence-electron chi connectivity index (χ1n) is 11.9. The number of hydrogen-bond acceptors (Lipinski definition) is 13. The molecule has 1 aromatic carbocycles. The van der Waals surface area contributed by atoms with E-state index in [1.807, 2.05) is 30.3 Å². The van der Waals surface area contributed by atoms with Crippen molar-refractivity contribution in [1.29, 1.82) is 0 Å². The van der Waals surface area contributed by atoms with E-state index in [0.29, 0.717) is 0 Å². The summed E-state index contributed by atoms with van der Waals surface area (Å²) in [5.74, 6) is -1.59. The Balaban J connectivity index is 1.37. The second-order valence-corrected chi connectivity index (χ2v) is 9.20. The Kier molecular flexibility index (Phi) is 8.24. The standard InChI is InChI=1S/C24H29N5O9/c1-12(2)17(26)22(31)34-11-15-18-19(37-24(33)36-18)20(35-15)29-9-8-16(27-23(29)32)28-38-21(30)14(25)10-13-6-4-3-5-7-13/h3-9,12,14-15,17-20H,10-11,25-26H2,1-2H3,(H,27,28,32)/t14?,15-,17+,18-,19-,20-/m1/s1. The van der Waals surface area contributed by atoms with E-state index < -0.39 is 60.4 Å². The molecule has 0 spiro atoms. The highest BCUT2D eigenvalue weighted by molar-refractivity contribution is 5.76. The number of carbonyl (C=O) groups is 3. The number of carbonyl (C=O) groups excluding carboxylic acids is 3. The number of fused-ring (bicyclic) bond motifs is 1. The zero-order valence-corrected chi connectivity index (χ0v) is 20.7. The first kappa shape index (κ1) is 27.0. The number of nitrogens with two attached hydrogens (primary N) is 2. The van der Waals surface area contributed by atoms with Gasteiger partial charge in [0, 0.05) is 12.3 Å². The number of nitrogens with one attached hydrogen (secondary N) is 1. The van der Waals surface area contributed by atoms with Crippen LogP contribution in [0.15, 0.2) is 47.4 Å². The van der Waals surface area contributed by atoms with Crippen LogP contribution in [0.4, 0.5) is 10.6 Å². The quantitative estimate of drug-likeness (QED) is 0.211. The molecule has 14 nitrogen and oxygen atoms in total. The largest absolute Gasteiger partial charge is 0.509 e. The predicted molar refractivity (Wildman–Crippen MR) is 129 cm³/mol. The molecule has 2 aromatic rings. The summed E-state index contributed by atoms with van der Waals surface area (Å²) in [6, 6.07) is 8.75. The molecular formula is C24H29N5O9. The number of nitrogens with zero attached hydrogens (tertiary/aromatic N) is 2. The average molecular weight is 532 g/mol. The van der Waals surface area contributed by atoms with Crippen LogP contribution in [0.2, 0.25) is 0 Å². The number of benzene rings is 1. The van der Waals surface area contributed by atoms with Gasteiger partial charge in [0.15, 0.2) is 24.3 Å². The third-order valence-corrected chi connectivity index (χ3v) is 6.09.